The molecule has 6 heteroatoms. The quantitative estimate of drug-likeness (QED) is 0.881. The second kappa shape index (κ2) is 6.25. The van der Waals surface area contributed by atoms with Crippen LogP contribution in [0.25, 0.3) is 0 Å². The van der Waals surface area contributed by atoms with Gasteiger partial charge in [-0.1, -0.05) is 23.2 Å². The smallest absolute Gasteiger partial charge is 0.147 e. The van der Waals surface area contributed by atoms with Crippen molar-refractivity contribution in [3.8, 4) is 0 Å². The van der Waals surface area contributed by atoms with E-state index >= 15 is 0 Å². The summed E-state index contributed by atoms with van der Waals surface area (Å²) in [6.07, 6.45) is 1.56. The Morgan fingerprint density at radius 3 is 2.81 bits per heavy atom. The van der Waals surface area contributed by atoms with E-state index in [0.717, 1.165) is 0 Å². The van der Waals surface area contributed by atoms with Crippen molar-refractivity contribution in [2.75, 3.05) is 32.2 Å². The lowest BCUT2D eigenvalue weighted by molar-refractivity contribution is 0.181. The van der Waals surface area contributed by atoms with Crippen LogP contribution in [0.15, 0.2) is 12.3 Å². The molecule has 0 bridgehead atoms. The largest absolute Gasteiger partial charge is 0.383 e. The fourth-order valence-corrected chi connectivity index (χ4v) is 1.92. The van der Waals surface area contributed by atoms with Crippen molar-refractivity contribution in [3.63, 3.8) is 0 Å². The van der Waals surface area contributed by atoms with Crippen LogP contribution in [0.5, 0.6) is 0 Å². The second-order valence-electron chi connectivity index (χ2n) is 3.55. The number of aromatic nitrogens is 1. The highest BCUT2D eigenvalue weighted by molar-refractivity contribution is 6.35. The molecule has 0 aliphatic rings. The van der Waals surface area contributed by atoms with Gasteiger partial charge < -0.3 is 15.4 Å². The number of anilines is 1. The molecule has 1 atom stereocenters. The average Bonchev–Trinajstić information content (AvgIpc) is 2.17. The molecule has 0 amide bonds. The topological polar surface area (TPSA) is 51.4 Å². The first kappa shape index (κ1) is 13.5. The van der Waals surface area contributed by atoms with E-state index in [4.69, 9.17) is 33.7 Å². The molecule has 0 aliphatic heterocycles. The van der Waals surface area contributed by atoms with Crippen molar-refractivity contribution in [1.29, 1.82) is 0 Å². The molecule has 4 nitrogen and oxygen atoms in total. The molecule has 90 valence electrons. The van der Waals surface area contributed by atoms with E-state index in [1.165, 1.54) is 0 Å². The van der Waals surface area contributed by atoms with E-state index < -0.39 is 0 Å². The summed E-state index contributed by atoms with van der Waals surface area (Å²) in [6.45, 7) is 1.11. The maximum atomic E-state index is 6.02. The molecule has 0 saturated heterocycles. The van der Waals surface area contributed by atoms with Crippen LogP contribution in [-0.4, -0.2) is 38.3 Å². The second-order valence-corrected chi connectivity index (χ2v) is 4.40. The minimum atomic E-state index is -0.0801. The lowest BCUT2D eigenvalue weighted by Gasteiger charge is -2.22. The Hall–Kier alpha value is -0.550. The van der Waals surface area contributed by atoms with Gasteiger partial charge in [0.1, 0.15) is 5.82 Å². The minimum absolute atomic E-state index is 0.0801. The molecule has 2 N–H and O–H groups in total. The monoisotopic (exact) mass is 263 g/mol. The van der Waals surface area contributed by atoms with Gasteiger partial charge in [0.15, 0.2) is 0 Å². The van der Waals surface area contributed by atoms with Crippen LogP contribution < -0.4 is 10.6 Å². The molecule has 0 fully saturated rings. The van der Waals surface area contributed by atoms with Crippen molar-refractivity contribution in [2.24, 2.45) is 5.73 Å². The van der Waals surface area contributed by atoms with E-state index in [1.54, 1.807) is 19.4 Å². The molecule has 0 spiro atoms. The molecule has 1 aromatic heterocycles. The summed E-state index contributed by atoms with van der Waals surface area (Å²) in [5, 5.41) is 1.03. The van der Waals surface area contributed by atoms with Gasteiger partial charge in [-0.25, -0.2) is 4.98 Å². The van der Waals surface area contributed by atoms with Crippen LogP contribution in [0, 0.1) is 0 Å². The van der Waals surface area contributed by atoms with Gasteiger partial charge in [-0.15, -0.1) is 0 Å². The predicted molar refractivity (Wildman–Crippen MR) is 67.4 cm³/mol. The number of nitrogens with zero attached hydrogens (tertiary/aromatic N) is 2. The summed E-state index contributed by atoms with van der Waals surface area (Å²) >= 11 is 11.8. The Kier molecular flexibility index (Phi) is 5.28. The lowest BCUT2D eigenvalue weighted by Crippen LogP contribution is -2.38. The fourth-order valence-electron chi connectivity index (χ4n) is 1.39. The van der Waals surface area contributed by atoms with Crippen molar-refractivity contribution in [3.05, 3.63) is 22.3 Å². The SMILES string of the molecule is COCC(N)CN(C)c1ncc(Cl)cc1Cl. The highest BCUT2D eigenvalue weighted by atomic mass is 35.5. The van der Waals surface area contributed by atoms with Gasteiger partial charge in [0.25, 0.3) is 0 Å². The standard InChI is InChI=1S/C10H15Cl2N3O/c1-15(5-8(13)6-16-2)10-9(12)3-7(11)4-14-10/h3-4,8H,5-6,13H2,1-2H3. The van der Waals surface area contributed by atoms with E-state index in [1.807, 2.05) is 11.9 Å². The van der Waals surface area contributed by atoms with Crippen LogP contribution in [0.3, 0.4) is 0 Å². The third kappa shape index (κ3) is 3.79. The number of hydrogen-bond acceptors (Lipinski definition) is 4. The molecule has 1 rings (SSSR count). The molecular formula is C10H15Cl2N3O. The van der Waals surface area contributed by atoms with E-state index in [9.17, 15) is 0 Å². The van der Waals surface area contributed by atoms with Gasteiger partial charge in [-0.2, -0.15) is 0 Å². The van der Waals surface area contributed by atoms with Gasteiger partial charge in [0.05, 0.1) is 16.7 Å². The lowest BCUT2D eigenvalue weighted by atomic mass is 10.3. The first-order valence-corrected chi connectivity index (χ1v) is 5.57. The number of likely N-dealkylation sites (N-methyl/N-ethyl adjacent to an activating group) is 1. The van der Waals surface area contributed by atoms with E-state index in [2.05, 4.69) is 4.98 Å². The van der Waals surface area contributed by atoms with Gasteiger partial charge in [0, 0.05) is 32.9 Å². The zero-order chi connectivity index (χ0) is 12.1. The first-order chi connectivity index (χ1) is 7.54. The minimum Gasteiger partial charge on any atom is -0.383 e. The van der Waals surface area contributed by atoms with Gasteiger partial charge >= 0.3 is 0 Å². The third-order valence-electron chi connectivity index (χ3n) is 2.04. The Balaban J connectivity index is 2.69. The molecule has 1 heterocycles. The predicted octanol–water partition coefficient (Wildman–Crippen LogP) is 1.80. The van der Waals surface area contributed by atoms with E-state index in [-0.39, 0.29) is 6.04 Å². The Bertz CT molecular complexity index is 349. The summed E-state index contributed by atoms with van der Waals surface area (Å²) in [6, 6.07) is 1.58. The van der Waals surface area contributed by atoms with Crippen molar-refractivity contribution < 1.29 is 4.74 Å². The Morgan fingerprint density at radius 1 is 1.56 bits per heavy atom. The third-order valence-corrected chi connectivity index (χ3v) is 2.52. The number of rotatable bonds is 5. The maximum Gasteiger partial charge on any atom is 0.147 e. The van der Waals surface area contributed by atoms with Crippen LogP contribution in [-0.2, 0) is 4.74 Å². The molecule has 16 heavy (non-hydrogen) atoms. The van der Waals surface area contributed by atoms with Crippen LogP contribution in [0.4, 0.5) is 5.82 Å². The van der Waals surface area contributed by atoms with Crippen LogP contribution in [0.1, 0.15) is 0 Å². The van der Waals surface area contributed by atoms with Crippen LogP contribution >= 0.6 is 23.2 Å². The number of methoxy groups -OCH3 is 1. The zero-order valence-electron chi connectivity index (χ0n) is 9.28. The summed E-state index contributed by atoms with van der Waals surface area (Å²) in [4.78, 5) is 6.03. The molecule has 1 aromatic rings. The fraction of sp³-hybridized carbons (Fsp3) is 0.500. The van der Waals surface area contributed by atoms with Crippen molar-refractivity contribution in [1.82, 2.24) is 4.98 Å². The van der Waals surface area contributed by atoms with Crippen molar-refractivity contribution in [2.45, 2.75) is 6.04 Å². The van der Waals surface area contributed by atoms with Crippen molar-refractivity contribution >= 4 is 29.0 Å². The normalized spacial score (nSPS) is 12.6. The number of hydrogen-bond donors (Lipinski definition) is 1. The molecule has 0 saturated carbocycles. The number of pyridine rings is 1. The molecule has 1 unspecified atom stereocenters. The van der Waals surface area contributed by atoms with E-state index in [0.29, 0.717) is 29.0 Å². The first-order valence-electron chi connectivity index (χ1n) is 4.81. The van der Waals surface area contributed by atoms with Crippen LogP contribution in [0.2, 0.25) is 10.0 Å². The summed E-state index contributed by atoms with van der Waals surface area (Å²) < 4.78 is 4.96. The van der Waals surface area contributed by atoms with Gasteiger partial charge in [-0.05, 0) is 6.07 Å². The molecule has 0 aromatic carbocycles. The number of ether oxygens (including phenoxy) is 1. The summed E-state index contributed by atoms with van der Waals surface area (Å²) in [7, 11) is 3.49. The summed E-state index contributed by atoms with van der Waals surface area (Å²) in [5.74, 6) is 0.664. The number of halogens is 2. The van der Waals surface area contributed by atoms with Gasteiger partial charge in [0.2, 0.25) is 0 Å². The zero-order valence-corrected chi connectivity index (χ0v) is 10.8. The molecular weight excluding hydrogens is 249 g/mol. The highest BCUT2D eigenvalue weighted by Crippen LogP contribution is 2.24. The summed E-state index contributed by atoms with van der Waals surface area (Å²) in [5.41, 5.74) is 5.84. The molecule has 0 radical (unpaired) electrons. The Labute approximate surface area is 105 Å². The highest BCUT2D eigenvalue weighted by Gasteiger charge is 2.11. The number of nitrogens with two attached hydrogens (primary N) is 1. The maximum absolute atomic E-state index is 6.02. The average molecular weight is 264 g/mol. The Morgan fingerprint density at radius 2 is 2.25 bits per heavy atom. The molecule has 0 aliphatic carbocycles. The van der Waals surface area contributed by atoms with Gasteiger partial charge in [-0.3, -0.25) is 0 Å².